The lowest BCUT2D eigenvalue weighted by Gasteiger charge is -2.30. The maximum Gasteiger partial charge on any atom is 0.337 e. The molecule has 1 aliphatic heterocycles. The van der Waals surface area contributed by atoms with E-state index >= 15 is 0 Å². The number of sulfonamides is 1. The minimum Gasteiger partial charge on any atom is -0.496 e. The van der Waals surface area contributed by atoms with E-state index in [1.54, 1.807) is 37.4 Å². The highest BCUT2D eigenvalue weighted by Gasteiger charge is 2.30. The van der Waals surface area contributed by atoms with E-state index in [4.69, 9.17) is 19.3 Å². The van der Waals surface area contributed by atoms with Crippen molar-refractivity contribution >= 4 is 16.0 Å². The van der Waals surface area contributed by atoms with Gasteiger partial charge in [-0.15, -0.1) is 0 Å². The summed E-state index contributed by atoms with van der Waals surface area (Å²) in [6.45, 7) is 0. The number of carbonyl (C=O) groups excluding carboxylic acids is 1. The van der Waals surface area contributed by atoms with Gasteiger partial charge in [0.25, 0.3) is 0 Å². The smallest absolute Gasteiger partial charge is 0.337 e. The number of benzene rings is 3. The second kappa shape index (κ2) is 8.05. The highest BCUT2D eigenvalue weighted by Crippen LogP contribution is 2.49. The molecule has 3 aromatic carbocycles. The maximum atomic E-state index is 12.0. The van der Waals surface area contributed by atoms with E-state index in [-0.39, 0.29) is 5.75 Å². The van der Waals surface area contributed by atoms with Crippen LogP contribution >= 0.6 is 0 Å². The summed E-state index contributed by atoms with van der Waals surface area (Å²) in [4.78, 5) is 12.0. The predicted octanol–water partition coefficient (Wildman–Crippen LogP) is 3.42. The van der Waals surface area contributed by atoms with Crippen LogP contribution in [0.3, 0.4) is 0 Å². The zero-order valence-electron chi connectivity index (χ0n) is 17.0. The summed E-state index contributed by atoms with van der Waals surface area (Å²) in [5.74, 6) is 0.510. The Kier molecular flexibility index (Phi) is 5.43. The molecule has 1 heterocycles. The second-order valence-corrected chi connectivity index (χ2v) is 8.79. The van der Waals surface area contributed by atoms with Gasteiger partial charge in [0, 0.05) is 5.56 Å². The van der Waals surface area contributed by atoms with Crippen molar-refractivity contribution in [2.24, 2.45) is 5.14 Å². The molecule has 0 saturated heterocycles. The second-order valence-electron chi connectivity index (χ2n) is 7.18. The molecule has 0 spiro atoms. The van der Waals surface area contributed by atoms with Gasteiger partial charge in [-0.05, 0) is 41.0 Å². The molecule has 0 fully saturated rings. The van der Waals surface area contributed by atoms with Gasteiger partial charge >= 0.3 is 5.97 Å². The third-order valence-electron chi connectivity index (χ3n) is 5.10. The first-order valence-electron chi connectivity index (χ1n) is 9.46. The van der Waals surface area contributed by atoms with Crippen molar-refractivity contribution in [1.82, 2.24) is 0 Å². The van der Waals surface area contributed by atoms with Crippen molar-refractivity contribution in [3.05, 3.63) is 82.9 Å². The van der Waals surface area contributed by atoms with Crippen LogP contribution in [0.25, 0.3) is 11.1 Å². The van der Waals surface area contributed by atoms with Crippen LogP contribution in [0.4, 0.5) is 0 Å². The predicted molar refractivity (Wildman–Crippen MR) is 115 cm³/mol. The monoisotopic (exact) mass is 439 g/mol. The molecule has 0 saturated carbocycles. The Morgan fingerprint density at radius 3 is 2.55 bits per heavy atom. The molecule has 0 aromatic heterocycles. The Hall–Kier alpha value is -3.36. The van der Waals surface area contributed by atoms with E-state index in [2.05, 4.69) is 0 Å². The van der Waals surface area contributed by atoms with E-state index in [1.165, 1.54) is 7.11 Å². The van der Waals surface area contributed by atoms with Gasteiger partial charge in [-0.1, -0.05) is 36.4 Å². The molecule has 0 amide bonds. The molecule has 1 atom stereocenters. The molecule has 2 N–H and O–H groups in total. The molecule has 4 rings (SSSR count). The standard InChI is InChI=1S/C23H21NO6S/c1-28-19-7-4-8-20-21(19)17-10-9-14(13-31(24,26)27)11-18(17)22(30-20)15-5-3-6-16(12-15)23(25)29-2/h3-12,22H,13H2,1-2H3,(H2,24,26,27). The molecule has 0 radical (unpaired) electrons. The third kappa shape index (κ3) is 4.12. The number of carbonyl (C=O) groups is 1. The van der Waals surface area contributed by atoms with E-state index in [0.29, 0.717) is 22.6 Å². The molecule has 0 aliphatic carbocycles. The van der Waals surface area contributed by atoms with Crippen molar-refractivity contribution in [1.29, 1.82) is 0 Å². The minimum absolute atomic E-state index is 0.298. The van der Waals surface area contributed by atoms with Crippen molar-refractivity contribution in [2.75, 3.05) is 14.2 Å². The van der Waals surface area contributed by atoms with E-state index in [9.17, 15) is 13.2 Å². The molecular formula is C23H21NO6S. The summed E-state index contributed by atoms with van der Waals surface area (Å²) in [6, 6.07) is 17.8. The van der Waals surface area contributed by atoms with E-state index in [1.807, 2.05) is 30.3 Å². The van der Waals surface area contributed by atoms with Crippen molar-refractivity contribution in [3.8, 4) is 22.6 Å². The van der Waals surface area contributed by atoms with Crippen LogP contribution < -0.4 is 14.6 Å². The minimum atomic E-state index is -3.71. The molecular weight excluding hydrogens is 418 g/mol. The Labute approximate surface area is 180 Å². The van der Waals surface area contributed by atoms with Crippen LogP contribution in [0.2, 0.25) is 0 Å². The van der Waals surface area contributed by atoms with Crippen LogP contribution in [-0.4, -0.2) is 28.6 Å². The Morgan fingerprint density at radius 1 is 1.06 bits per heavy atom. The Bertz CT molecular complexity index is 1270. The van der Waals surface area contributed by atoms with Gasteiger partial charge in [-0.3, -0.25) is 0 Å². The number of nitrogens with two attached hydrogens (primary N) is 1. The number of primary sulfonamides is 1. The van der Waals surface area contributed by atoms with Crippen LogP contribution in [0.5, 0.6) is 11.5 Å². The van der Waals surface area contributed by atoms with Crippen LogP contribution in [0.1, 0.15) is 33.2 Å². The first-order valence-corrected chi connectivity index (χ1v) is 11.2. The van der Waals surface area contributed by atoms with Crippen LogP contribution in [0, 0.1) is 0 Å². The molecule has 3 aromatic rings. The zero-order chi connectivity index (χ0) is 22.2. The number of ether oxygens (including phenoxy) is 3. The fraction of sp³-hybridized carbons (Fsp3) is 0.174. The fourth-order valence-electron chi connectivity index (χ4n) is 3.81. The lowest BCUT2D eigenvalue weighted by atomic mass is 9.87. The fourth-order valence-corrected chi connectivity index (χ4v) is 4.45. The van der Waals surface area contributed by atoms with Gasteiger partial charge in [0.05, 0.1) is 31.1 Å². The van der Waals surface area contributed by atoms with Gasteiger partial charge in [-0.2, -0.15) is 0 Å². The van der Waals surface area contributed by atoms with Crippen molar-refractivity contribution in [3.63, 3.8) is 0 Å². The molecule has 1 unspecified atom stereocenters. The molecule has 160 valence electrons. The third-order valence-corrected chi connectivity index (χ3v) is 5.83. The molecule has 1 aliphatic rings. The van der Waals surface area contributed by atoms with Crippen LogP contribution in [-0.2, 0) is 20.5 Å². The summed E-state index contributed by atoms with van der Waals surface area (Å²) in [7, 11) is -0.804. The number of hydrogen-bond donors (Lipinski definition) is 1. The maximum absolute atomic E-state index is 12.0. The van der Waals surface area contributed by atoms with Crippen LogP contribution in [0.15, 0.2) is 60.7 Å². The molecule has 8 heteroatoms. The van der Waals surface area contributed by atoms with E-state index < -0.39 is 22.1 Å². The summed E-state index contributed by atoms with van der Waals surface area (Å²) >= 11 is 0. The summed E-state index contributed by atoms with van der Waals surface area (Å²) in [6.07, 6.45) is -0.570. The van der Waals surface area contributed by atoms with Crippen molar-refractivity contribution < 1.29 is 27.4 Å². The lowest BCUT2D eigenvalue weighted by molar-refractivity contribution is 0.0600. The van der Waals surface area contributed by atoms with Gasteiger partial charge in [0.15, 0.2) is 0 Å². The largest absolute Gasteiger partial charge is 0.496 e. The normalized spacial score (nSPS) is 14.7. The lowest BCUT2D eigenvalue weighted by Crippen LogP contribution is -2.18. The average molecular weight is 439 g/mol. The van der Waals surface area contributed by atoms with Gasteiger partial charge < -0.3 is 14.2 Å². The Morgan fingerprint density at radius 2 is 1.84 bits per heavy atom. The van der Waals surface area contributed by atoms with Gasteiger partial charge in [-0.25, -0.2) is 18.4 Å². The average Bonchev–Trinajstić information content (AvgIpc) is 2.76. The molecule has 0 bridgehead atoms. The highest BCUT2D eigenvalue weighted by molar-refractivity contribution is 7.88. The quantitative estimate of drug-likeness (QED) is 0.611. The summed E-state index contributed by atoms with van der Waals surface area (Å²) < 4.78 is 40.0. The first-order chi connectivity index (χ1) is 14.8. The first kappa shape index (κ1) is 20.9. The van der Waals surface area contributed by atoms with Gasteiger partial charge in [0.1, 0.15) is 17.6 Å². The SMILES string of the molecule is COC(=O)c1cccc(C2Oc3cccc(OC)c3-c3ccc(CS(N)(=O)=O)cc32)c1. The highest BCUT2D eigenvalue weighted by atomic mass is 32.2. The summed E-state index contributed by atoms with van der Waals surface area (Å²) in [5.41, 5.74) is 4.04. The topological polar surface area (TPSA) is 105 Å². The zero-order valence-corrected chi connectivity index (χ0v) is 17.8. The number of hydrogen-bond acceptors (Lipinski definition) is 6. The Balaban J connectivity index is 1.91. The number of rotatable bonds is 5. The van der Waals surface area contributed by atoms with Crippen molar-refractivity contribution in [2.45, 2.75) is 11.9 Å². The molecule has 7 nitrogen and oxygen atoms in total. The van der Waals surface area contributed by atoms with E-state index in [0.717, 1.165) is 22.3 Å². The molecule has 31 heavy (non-hydrogen) atoms. The van der Waals surface area contributed by atoms with Gasteiger partial charge in [0.2, 0.25) is 10.0 Å². The summed E-state index contributed by atoms with van der Waals surface area (Å²) in [5, 5.41) is 5.25. The number of methoxy groups -OCH3 is 2. The number of esters is 1. The number of fused-ring (bicyclic) bond motifs is 3.